The molecule has 3 heterocycles. The van der Waals surface area contributed by atoms with Gasteiger partial charge < -0.3 is 10.2 Å². The molecule has 0 bridgehead atoms. The second-order valence-electron chi connectivity index (χ2n) is 7.24. The van der Waals surface area contributed by atoms with Crippen molar-refractivity contribution in [3.63, 3.8) is 0 Å². The molecule has 0 aliphatic carbocycles. The Morgan fingerprint density at radius 3 is 2.76 bits per heavy atom. The number of thiazole rings is 1. The summed E-state index contributed by atoms with van der Waals surface area (Å²) in [4.78, 5) is 33.0. The molecule has 3 aromatic rings. The van der Waals surface area contributed by atoms with E-state index in [2.05, 4.69) is 10.3 Å². The molecule has 0 unspecified atom stereocenters. The fourth-order valence-corrected chi connectivity index (χ4v) is 4.84. The number of anilines is 2. The van der Waals surface area contributed by atoms with Crippen molar-refractivity contribution in [1.82, 2.24) is 4.57 Å². The maximum Gasteiger partial charge on any atom is 0.272 e. The van der Waals surface area contributed by atoms with E-state index in [1.807, 2.05) is 55.1 Å². The van der Waals surface area contributed by atoms with E-state index in [4.69, 9.17) is 11.6 Å². The number of fused-ring (bicyclic) bond motifs is 2. The molecule has 0 saturated heterocycles. The highest BCUT2D eigenvalue weighted by atomic mass is 35.5. The summed E-state index contributed by atoms with van der Waals surface area (Å²) in [6.45, 7) is 4.70. The molecular formula is C21H17ClN4O2S. The fourth-order valence-electron chi connectivity index (χ4n) is 3.61. The molecule has 1 aromatic heterocycles. The number of nitrogens with one attached hydrogen (secondary N) is 1. The van der Waals surface area contributed by atoms with Crippen molar-refractivity contribution in [2.45, 2.75) is 20.5 Å². The molecule has 6 nitrogen and oxygen atoms in total. The minimum Gasteiger partial charge on any atom is -0.334 e. The van der Waals surface area contributed by atoms with Gasteiger partial charge in [-0.15, -0.1) is 0 Å². The average Bonchev–Trinajstić information content (AvgIpc) is 3.19. The smallest absolute Gasteiger partial charge is 0.272 e. The van der Waals surface area contributed by atoms with Gasteiger partial charge in [-0.05, 0) is 43.7 Å². The molecular weight excluding hydrogens is 408 g/mol. The number of carbonyl (C=O) groups excluding carboxylic acids is 1. The maximum absolute atomic E-state index is 13.2. The largest absolute Gasteiger partial charge is 0.334 e. The molecule has 2 aliphatic heterocycles. The van der Waals surface area contributed by atoms with Gasteiger partial charge in [-0.25, -0.2) is 4.99 Å². The number of hydrogen-bond acceptors (Lipinski definition) is 5. The summed E-state index contributed by atoms with van der Waals surface area (Å²) in [5.74, 6) is -0.246. The molecule has 2 aliphatic rings. The molecule has 5 rings (SSSR count). The lowest BCUT2D eigenvalue weighted by atomic mass is 10.1. The number of amides is 1. The van der Waals surface area contributed by atoms with Crippen LogP contribution in [0.4, 0.5) is 11.4 Å². The number of halogens is 1. The van der Waals surface area contributed by atoms with Gasteiger partial charge in [0.2, 0.25) is 0 Å². The summed E-state index contributed by atoms with van der Waals surface area (Å²) in [5, 5.41) is 3.53. The predicted molar refractivity (Wildman–Crippen MR) is 115 cm³/mol. The SMILES string of the molecule is Cc1ccc2c(c1)/C(=c1/sc3n(c1=O)CN(c1ccc(C)c(Cl)c1)CN=3)C(=O)N2. The van der Waals surface area contributed by atoms with E-state index in [1.54, 1.807) is 4.57 Å². The number of hydrogen-bond donors (Lipinski definition) is 1. The van der Waals surface area contributed by atoms with Gasteiger partial charge in [0.05, 0.1) is 5.57 Å². The highest BCUT2D eigenvalue weighted by Crippen LogP contribution is 2.30. The van der Waals surface area contributed by atoms with E-state index >= 15 is 0 Å². The van der Waals surface area contributed by atoms with Crippen molar-refractivity contribution in [2.24, 2.45) is 4.99 Å². The van der Waals surface area contributed by atoms with Crippen LogP contribution in [0.25, 0.3) is 5.57 Å². The number of nitrogens with zero attached hydrogens (tertiary/aromatic N) is 3. The van der Waals surface area contributed by atoms with Crippen LogP contribution >= 0.6 is 22.9 Å². The molecule has 2 aromatic carbocycles. The van der Waals surface area contributed by atoms with Crippen molar-refractivity contribution in [2.75, 3.05) is 16.9 Å². The highest BCUT2D eigenvalue weighted by Gasteiger charge is 2.28. The lowest BCUT2D eigenvalue weighted by Gasteiger charge is -2.26. The van der Waals surface area contributed by atoms with Gasteiger partial charge in [-0.1, -0.05) is 40.6 Å². The standard InChI is InChI=1S/C21H17ClN4O2S/c1-11-3-6-16-14(7-11)17(19(27)24-16)18-20(28)26-10-25(9-23-21(26)29-18)13-5-4-12(2)15(22)8-13/h3-8H,9-10H2,1-2H3,(H,24,27)/b18-17-. The lowest BCUT2D eigenvalue weighted by molar-refractivity contribution is -0.110. The number of carbonyl (C=O) groups is 1. The van der Waals surface area contributed by atoms with E-state index in [9.17, 15) is 9.59 Å². The second-order valence-corrected chi connectivity index (χ2v) is 8.62. The summed E-state index contributed by atoms with van der Waals surface area (Å²) in [6, 6.07) is 11.5. The van der Waals surface area contributed by atoms with Crippen molar-refractivity contribution in [3.05, 3.63) is 77.8 Å². The van der Waals surface area contributed by atoms with Gasteiger partial charge in [0, 0.05) is 22.0 Å². The lowest BCUT2D eigenvalue weighted by Crippen LogP contribution is -2.43. The van der Waals surface area contributed by atoms with Gasteiger partial charge in [0.1, 0.15) is 17.9 Å². The van der Waals surface area contributed by atoms with Gasteiger partial charge in [-0.2, -0.15) is 0 Å². The third kappa shape index (κ3) is 2.89. The zero-order chi connectivity index (χ0) is 20.3. The van der Waals surface area contributed by atoms with E-state index in [1.165, 1.54) is 11.3 Å². The normalized spacial score (nSPS) is 16.9. The Balaban J connectivity index is 1.64. The van der Waals surface area contributed by atoms with Crippen molar-refractivity contribution in [3.8, 4) is 0 Å². The Bertz CT molecular complexity index is 1370. The number of aryl methyl sites for hydroxylation is 2. The Labute approximate surface area is 175 Å². The molecule has 146 valence electrons. The molecule has 0 spiro atoms. The first-order valence-corrected chi connectivity index (χ1v) is 10.3. The topological polar surface area (TPSA) is 66.7 Å². The summed E-state index contributed by atoms with van der Waals surface area (Å²) in [5.41, 5.74) is 4.68. The second kappa shape index (κ2) is 6.57. The van der Waals surface area contributed by atoms with Crippen LogP contribution in [-0.2, 0) is 11.5 Å². The van der Waals surface area contributed by atoms with Crippen LogP contribution in [0.15, 0.2) is 46.2 Å². The predicted octanol–water partition coefficient (Wildman–Crippen LogP) is 2.39. The molecule has 8 heteroatoms. The quantitative estimate of drug-likeness (QED) is 0.652. The van der Waals surface area contributed by atoms with Gasteiger partial charge in [-0.3, -0.25) is 14.2 Å². The molecule has 1 N–H and O–H groups in total. The Morgan fingerprint density at radius 2 is 1.97 bits per heavy atom. The van der Waals surface area contributed by atoms with Crippen molar-refractivity contribution >= 4 is 45.8 Å². The van der Waals surface area contributed by atoms with Crippen LogP contribution in [0.3, 0.4) is 0 Å². The number of rotatable bonds is 1. The van der Waals surface area contributed by atoms with Crippen molar-refractivity contribution < 1.29 is 4.79 Å². The minimum absolute atomic E-state index is 0.198. The first kappa shape index (κ1) is 18.1. The highest BCUT2D eigenvalue weighted by molar-refractivity contribution is 7.07. The van der Waals surface area contributed by atoms with E-state index in [0.717, 1.165) is 28.1 Å². The first-order chi connectivity index (χ1) is 13.9. The number of benzene rings is 2. The van der Waals surface area contributed by atoms with Gasteiger partial charge in [0.25, 0.3) is 11.5 Å². The Hall–Kier alpha value is -2.90. The zero-order valence-corrected chi connectivity index (χ0v) is 17.4. The van der Waals surface area contributed by atoms with E-state index in [0.29, 0.717) is 33.3 Å². The molecule has 1 amide bonds. The Morgan fingerprint density at radius 1 is 1.14 bits per heavy atom. The molecule has 0 fully saturated rings. The monoisotopic (exact) mass is 424 g/mol. The minimum atomic E-state index is -0.246. The van der Waals surface area contributed by atoms with E-state index < -0.39 is 0 Å². The first-order valence-electron chi connectivity index (χ1n) is 9.14. The molecule has 0 atom stereocenters. The molecule has 0 radical (unpaired) electrons. The van der Waals surface area contributed by atoms with Crippen LogP contribution < -0.4 is 25.1 Å². The van der Waals surface area contributed by atoms with Crippen LogP contribution in [0.2, 0.25) is 5.02 Å². The average molecular weight is 425 g/mol. The van der Waals surface area contributed by atoms with Crippen LogP contribution in [0, 0.1) is 13.8 Å². The fraction of sp³-hybridized carbons (Fsp3) is 0.190. The summed E-state index contributed by atoms with van der Waals surface area (Å²) < 4.78 is 2.04. The zero-order valence-electron chi connectivity index (χ0n) is 15.8. The van der Waals surface area contributed by atoms with E-state index in [-0.39, 0.29) is 11.5 Å². The van der Waals surface area contributed by atoms with Crippen LogP contribution in [0.5, 0.6) is 0 Å². The summed E-state index contributed by atoms with van der Waals surface area (Å²) in [6.07, 6.45) is 0. The van der Waals surface area contributed by atoms with Gasteiger partial charge >= 0.3 is 0 Å². The van der Waals surface area contributed by atoms with Crippen LogP contribution in [-0.4, -0.2) is 17.1 Å². The van der Waals surface area contributed by atoms with Crippen molar-refractivity contribution in [1.29, 1.82) is 0 Å². The van der Waals surface area contributed by atoms with Crippen LogP contribution in [0.1, 0.15) is 16.7 Å². The summed E-state index contributed by atoms with van der Waals surface area (Å²) >= 11 is 7.53. The van der Waals surface area contributed by atoms with Gasteiger partial charge in [0.15, 0.2) is 4.80 Å². The third-order valence-corrected chi connectivity index (χ3v) is 6.74. The number of aromatic nitrogens is 1. The summed E-state index contributed by atoms with van der Waals surface area (Å²) in [7, 11) is 0. The third-order valence-electron chi connectivity index (χ3n) is 5.22. The molecule has 29 heavy (non-hydrogen) atoms. The maximum atomic E-state index is 13.2. The Kier molecular flexibility index (Phi) is 4.11. The molecule has 0 saturated carbocycles.